The standard InChI is InChI=1S/C12H21.Li/c1-6-7-12-10(4)8(2)9(3)11(12)5;/h6-11H,1-5H3;/q-1;+1/b7-6-;. The van der Waals surface area contributed by atoms with Crippen molar-refractivity contribution in [3.63, 3.8) is 0 Å². The average molecular weight is 172 g/mol. The Kier molecular flexibility index (Phi) is 5.26. The van der Waals surface area contributed by atoms with Crippen molar-refractivity contribution in [3.05, 3.63) is 18.1 Å². The summed E-state index contributed by atoms with van der Waals surface area (Å²) in [6.45, 7) is 11.6. The fourth-order valence-electron chi connectivity index (χ4n) is 2.43. The summed E-state index contributed by atoms with van der Waals surface area (Å²) in [6.07, 6.45) is 4.49. The van der Waals surface area contributed by atoms with Gasteiger partial charge in [-0.3, -0.25) is 0 Å². The Labute approximate surface area is 95.4 Å². The largest absolute Gasteiger partial charge is 1.00 e. The minimum Gasteiger partial charge on any atom is -0.233 e. The molecule has 0 saturated heterocycles. The molecule has 0 nitrogen and oxygen atoms in total. The van der Waals surface area contributed by atoms with E-state index >= 15 is 0 Å². The Balaban J connectivity index is 0.00000144. The van der Waals surface area contributed by atoms with Crippen LogP contribution < -0.4 is 18.9 Å². The SMILES string of the molecule is C/C=C\[C-]1C(C)C(C)C(C)C1C.[Li+]. The Bertz CT molecular complexity index is 160. The van der Waals surface area contributed by atoms with Gasteiger partial charge in [-0.1, -0.05) is 51.4 Å². The van der Waals surface area contributed by atoms with Gasteiger partial charge < -0.3 is 0 Å². The van der Waals surface area contributed by atoms with Crippen molar-refractivity contribution in [3.8, 4) is 0 Å². The van der Waals surface area contributed by atoms with Gasteiger partial charge in [0.2, 0.25) is 0 Å². The fourth-order valence-corrected chi connectivity index (χ4v) is 2.43. The normalized spacial score (nSPS) is 39.6. The Morgan fingerprint density at radius 2 is 1.31 bits per heavy atom. The van der Waals surface area contributed by atoms with Gasteiger partial charge in [-0.15, -0.1) is 6.92 Å². The molecule has 1 rings (SSSR count). The van der Waals surface area contributed by atoms with Gasteiger partial charge >= 0.3 is 18.9 Å². The van der Waals surface area contributed by atoms with Crippen LogP contribution in [0, 0.1) is 29.6 Å². The van der Waals surface area contributed by atoms with E-state index in [-0.39, 0.29) is 18.9 Å². The molecule has 0 bridgehead atoms. The first-order chi connectivity index (χ1) is 5.59. The smallest absolute Gasteiger partial charge is 0.233 e. The second kappa shape index (κ2) is 5.18. The first-order valence-electron chi connectivity index (χ1n) is 5.09. The molecule has 1 heteroatoms. The fraction of sp³-hybridized carbons (Fsp3) is 0.750. The summed E-state index contributed by atoms with van der Waals surface area (Å²) in [4.78, 5) is 0. The van der Waals surface area contributed by atoms with Crippen molar-refractivity contribution in [2.24, 2.45) is 23.7 Å². The van der Waals surface area contributed by atoms with E-state index < -0.39 is 0 Å². The maximum atomic E-state index is 2.38. The summed E-state index contributed by atoms with van der Waals surface area (Å²) in [5.41, 5.74) is 0. The summed E-state index contributed by atoms with van der Waals surface area (Å²) >= 11 is 0. The molecule has 0 aromatic heterocycles. The Hall–Kier alpha value is 0.207. The summed E-state index contributed by atoms with van der Waals surface area (Å²) in [6, 6.07) is 0. The van der Waals surface area contributed by atoms with Gasteiger partial charge in [0, 0.05) is 0 Å². The second-order valence-electron chi connectivity index (χ2n) is 4.30. The van der Waals surface area contributed by atoms with E-state index in [1.54, 1.807) is 5.92 Å². The van der Waals surface area contributed by atoms with Gasteiger partial charge in [0.1, 0.15) is 0 Å². The molecule has 0 N–H and O–H groups in total. The molecule has 4 unspecified atom stereocenters. The van der Waals surface area contributed by atoms with Crippen molar-refractivity contribution in [2.75, 3.05) is 0 Å². The first kappa shape index (κ1) is 13.2. The molecular weight excluding hydrogens is 151 g/mol. The van der Waals surface area contributed by atoms with Crippen LogP contribution in [0.5, 0.6) is 0 Å². The molecule has 13 heavy (non-hydrogen) atoms. The zero-order valence-corrected chi connectivity index (χ0v) is 9.96. The van der Waals surface area contributed by atoms with Gasteiger partial charge in [0.05, 0.1) is 0 Å². The van der Waals surface area contributed by atoms with Gasteiger partial charge in [0.25, 0.3) is 0 Å². The number of hydrogen-bond acceptors (Lipinski definition) is 0. The van der Waals surface area contributed by atoms with Crippen LogP contribution in [0.15, 0.2) is 12.2 Å². The summed E-state index contributed by atoms with van der Waals surface area (Å²) in [7, 11) is 0. The monoisotopic (exact) mass is 172 g/mol. The van der Waals surface area contributed by atoms with Crippen LogP contribution in [0.3, 0.4) is 0 Å². The van der Waals surface area contributed by atoms with E-state index in [9.17, 15) is 0 Å². The van der Waals surface area contributed by atoms with Crippen LogP contribution in [0.2, 0.25) is 0 Å². The van der Waals surface area contributed by atoms with E-state index in [2.05, 4.69) is 46.8 Å². The number of allylic oxidation sites excluding steroid dienone is 2. The Morgan fingerprint density at radius 1 is 0.923 bits per heavy atom. The molecule has 0 aromatic carbocycles. The van der Waals surface area contributed by atoms with Gasteiger partial charge in [-0.2, -0.15) is 0 Å². The van der Waals surface area contributed by atoms with Crippen molar-refractivity contribution >= 4 is 0 Å². The summed E-state index contributed by atoms with van der Waals surface area (Å²) < 4.78 is 0. The molecule has 1 saturated carbocycles. The Morgan fingerprint density at radius 3 is 1.62 bits per heavy atom. The van der Waals surface area contributed by atoms with Gasteiger partial charge in [0.15, 0.2) is 0 Å². The molecule has 70 valence electrons. The summed E-state index contributed by atoms with van der Waals surface area (Å²) in [5.74, 6) is 4.92. The maximum Gasteiger partial charge on any atom is 1.00 e. The molecule has 1 aliphatic rings. The van der Waals surface area contributed by atoms with E-state index in [0.29, 0.717) is 0 Å². The van der Waals surface area contributed by atoms with Gasteiger partial charge in [-0.05, 0) is 0 Å². The van der Waals surface area contributed by atoms with Crippen LogP contribution in [-0.2, 0) is 0 Å². The predicted octanol–water partition coefficient (Wildman–Crippen LogP) is 0.699. The van der Waals surface area contributed by atoms with Crippen molar-refractivity contribution < 1.29 is 18.9 Å². The molecule has 0 radical (unpaired) electrons. The van der Waals surface area contributed by atoms with Gasteiger partial charge in [-0.25, -0.2) is 18.1 Å². The predicted molar refractivity (Wildman–Crippen MR) is 54.7 cm³/mol. The minimum atomic E-state index is 0. The third-order valence-electron chi connectivity index (χ3n) is 3.82. The van der Waals surface area contributed by atoms with E-state index in [4.69, 9.17) is 0 Å². The third-order valence-corrected chi connectivity index (χ3v) is 3.82. The second-order valence-corrected chi connectivity index (χ2v) is 4.30. The molecule has 0 amide bonds. The molecule has 0 aliphatic heterocycles. The van der Waals surface area contributed by atoms with Crippen molar-refractivity contribution in [1.29, 1.82) is 0 Å². The maximum absolute atomic E-state index is 2.38. The molecule has 1 aliphatic carbocycles. The van der Waals surface area contributed by atoms with Crippen molar-refractivity contribution in [1.82, 2.24) is 0 Å². The zero-order valence-electron chi connectivity index (χ0n) is 9.96. The topological polar surface area (TPSA) is 0 Å². The first-order valence-corrected chi connectivity index (χ1v) is 5.09. The molecule has 0 spiro atoms. The number of rotatable bonds is 1. The van der Waals surface area contributed by atoms with Crippen LogP contribution in [0.1, 0.15) is 34.6 Å². The molecule has 0 heterocycles. The van der Waals surface area contributed by atoms with E-state index in [1.807, 2.05) is 0 Å². The zero-order chi connectivity index (χ0) is 9.30. The van der Waals surface area contributed by atoms with Crippen molar-refractivity contribution in [2.45, 2.75) is 34.6 Å². The van der Waals surface area contributed by atoms with E-state index in [1.165, 1.54) is 0 Å². The average Bonchev–Trinajstić information content (AvgIpc) is 2.23. The molecular formula is C12H21Li. The number of hydrogen-bond donors (Lipinski definition) is 0. The molecule has 4 atom stereocenters. The quantitative estimate of drug-likeness (QED) is 0.403. The minimum absolute atomic E-state index is 0. The summed E-state index contributed by atoms with van der Waals surface area (Å²) in [5, 5.41) is 0. The van der Waals surface area contributed by atoms with Crippen LogP contribution in [0.25, 0.3) is 0 Å². The third kappa shape index (κ3) is 2.36. The van der Waals surface area contributed by atoms with Crippen LogP contribution in [0.4, 0.5) is 0 Å². The molecule has 1 fully saturated rings. The van der Waals surface area contributed by atoms with E-state index in [0.717, 1.165) is 23.7 Å². The van der Waals surface area contributed by atoms with Crippen LogP contribution in [-0.4, -0.2) is 0 Å². The van der Waals surface area contributed by atoms with Crippen LogP contribution >= 0.6 is 0 Å². The molecule has 0 aromatic rings.